The van der Waals surface area contributed by atoms with E-state index in [1.807, 2.05) is 44.2 Å². The van der Waals surface area contributed by atoms with Crippen LogP contribution in [-0.2, 0) is 0 Å². The number of hydrogen-bond donors (Lipinski definition) is 1. The average molecular weight is 295 g/mol. The first-order valence-electron chi connectivity index (χ1n) is 6.90. The lowest BCUT2D eigenvalue weighted by molar-refractivity contribution is 0.416. The molecule has 3 aromatic rings. The molecule has 2 aromatic heterocycles. The molecule has 6 nitrogen and oxygen atoms in total. The van der Waals surface area contributed by atoms with Crippen LogP contribution in [0, 0.1) is 13.8 Å². The van der Waals surface area contributed by atoms with Crippen LogP contribution < -0.4 is 10.5 Å². The molecule has 1 aromatic carbocycles. The molecule has 0 atom stereocenters. The molecule has 22 heavy (non-hydrogen) atoms. The zero-order chi connectivity index (χ0) is 15.7. The van der Waals surface area contributed by atoms with E-state index in [2.05, 4.69) is 15.1 Å². The van der Waals surface area contributed by atoms with Crippen LogP contribution in [-0.4, -0.2) is 26.9 Å². The summed E-state index contributed by atoms with van der Waals surface area (Å²) < 4.78 is 6.95. The Morgan fingerprint density at radius 1 is 1.05 bits per heavy atom. The van der Waals surface area contributed by atoms with Gasteiger partial charge in [-0.1, -0.05) is 12.1 Å². The molecule has 0 fully saturated rings. The molecule has 0 radical (unpaired) electrons. The normalized spacial score (nSPS) is 10.7. The Bertz CT molecular complexity index is 825. The minimum Gasteiger partial charge on any atom is -0.496 e. The van der Waals surface area contributed by atoms with Gasteiger partial charge in [0.25, 0.3) is 5.95 Å². The van der Waals surface area contributed by atoms with Crippen molar-refractivity contribution in [1.82, 2.24) is 19.7 Å². The Kier molecular flexibility index (Phi) is 3.50. The molecule has 2 heterocycles. The number of methoxy groups -OCH3 is 1. The van der Waals surface area contributed by atoms with Gasteiger partial charge in [-0.2, -0.15) is 9.78 Å². The Balaban J connectivity index is 2.17. The van der Waals surface area contributed by atoms with E-state index in [0.717, 1.165) is 28.4 Å². The van der Waals surface area contributed by atoms with Gasteiger partial charge in [0.15, 0.2) is 0 Å². The van der Waals surface area contributed by atoms with Gasteiger partial charge in [0.2, 0.25) is 0 Å². The van der Waals surface area contributed by atoms with Crippen molar-refractivity contribution < 1.29 is 4.74 Å². The molecule has 0 amide bonds. The highest BCUT2D eigenvalue weighted by atomic mass is 16.5. The van der Waals surface area contributed by atoms with Crippen LogP contribution in [0.25, 0.3) is 17.2 Å². The first-order chi connectivity index (χ1) is 10.6. The van der Waals surface area contributed by atoms with E-state index < -0.39 is 0 Å². The number of anilines is 1. The van der Waals surface area contributed by atoms with Crippen LogP contribution in [0.1, 0.15) is 11.4 Å². The molecule has 3 rings (SSSR count). The van der Waals surface area contributed by atoms with Crippen molar-refractivity contribution in [1.29, 1.82) is 0 Å². The van der Waals surface area contributed by atoms with Gasteiger partial charge in [0.05, 0.1) is 18.5 Å². The summed E-state index contributed by atoms with van der Waals surface area (Å²) in [4.78, 5) is 9.01. The van der Waals surface area contributed by atoms with E-state index in [1.165, 1.54) is 0 Å². The second-order valence-corrected chi connectivity index (χ2v) is 5.02. The lowest BCUT2D eigenvalue weighted by Crippen LogP contribution is -2.08. The largest absolute Gasteiger partial charge is 0.496 e. The highest BCUT2D eigenvalue weighted by Gasteiger charge is 2.12. The van der Waals surface area contributed by atoms with Crippen LogP contribution in [0.15, 0.2) is 36.4 Å². The van der Waals surface area contributed by atoms with Crippen LogP contribution in [0.3, 0.4) is 0 Å². The quantitative estimate of drug-likeness (QED) is 0.803. The molecule has 112 valence electrons. The van der Waals surface area contributed by atoms with Gasteiger partial charge < -0.3 is 10.5 Å². The lowest BCUT2D eigenvalue weighted by atomic mass is 10.1. The fourth-order valence-electron chi connectivity index (χ4n) is 2.32. The lowest BCUT2D eigenvalue weighted by Gasteiger charge is -2.10. The summed E-state index contributed by atoms with van der Waals surface area (Å²) >= 11 is 0. The fourth-order valence-corrected chi connectivity index (χ4v) is 2.32. The predicted octanol–water partition coefficient (Wildman–Crippen LogP) is 2.54. The maximum absolute atomic E-state index is 5.96. The van der Waals surface area contributed by atoms with E-state index in [9.17, 15) is 0 Å². The predicted molar refractivity (Wildman–Crippen MR) is 85.0 cm³/mol. The summed E-state index contributed by atoms with van der Waals surface area (Å²) in [6, 6.07) is 11.4. The molecule has 2 N–H and O–H groups in total. The second kappa shape index (κ2) is 5.48. The van der Waals surface area contributed by atoms with Gasteiger partial charge in [-0.15, -0.1) is 0 Å². The highest BCUT2D eigenvalue weighted by molar-refractivity contribution is 5.67. The van der Waals surface area contributed by atoms with Gasteiger partial charge in [0, 0.05) is 17.3 Å². The number of ether oxygens (including phenoxy) is 1. The summed E-state index contributed by atoms with van der Waals surface area (Å²) in [7, 11) is 1.64. The molecular formula is C16H17N5O. The molecule has 0 spiro atoms. The van der Waals surface area contributed by atoms with Gasteiger partial charge in [-0.25, -0.2) is 9.97 Å². The minimum absolute atomic E-state index is 0.450. The molecule has 0 unspecified atom stereocenters. The van der Waals surface area contributed by atoms with E-state index in [1.54, 1.807) is 17.9 Å². The number of nitrogen functional groups attached to an aromatic ring is 1. The molecular weight excluding hydrogens is 278 g/mol. The summed E-state index contributed by atoms with van der Waals surface area (Å²) in [5.41, 5.74) is 9.29. The first-order valence-corrected chi connectivity index (χ1v) is 6.90. The van der Waals surface area contributed by atoms with E-state index in [4.69, 9.17) is 10.5 Å². The van der Waals surface area contributed by atoms with Crippen LogP contribution in [0.5, 0.6) is 5.75 Å². The Hall–Kier alpha value is -2.89. The van der Waals surface area contributed by atoms with Crippen molar-refractivity contribution in [3.05, 3.63) is 47.8 Å². The zero-order valence-electron chi connectivity index (χ0n) is 12.7. The van der Waals surface area contributed by atoms with Gasteiger partial charge >= 0.3 is 0 Å². The van der Waals surface area contributed by atoms with Crippen LogP contribution in [0.2, 0.25) is 0 Å². The van der Waals surface area contributed by atoms with Crippen molar-refractivity contribution >= 4 is 5.82 Å². The molecule has 0 saturated carbocycles. The molecule has 0 aliphatic heterocycles. The van der Waals surface area contributed by atoms with E-state index in [0.29, 0.717) is 11.8 Å². The summed E-state index contributed by atoms with van der Waals surface area (Å²) in [6.07, 6.45) is 0. The third-order valence-electron chi connectivity index (χ3n) is 3.27. The summed E-state index contributed by atoms with van der Waals surface area (Å²) in [5, 5.41) is 4.33. The standard InChI is InChI=1S/C16H17N5O/c1-10-8-13(12-6-4-5-7-14(12)22-3)19-16(18-10)21-15(17)9-11(2)20-21/h4-9H,17H2,1-3H3. The smallest absolute Gasteiger partial charge is 0.253 e. The Labute approximate surface area is 128 Å². The Morgan fingerprint density at radius 2 is 1.82 bits per heavy atom. The van der Waals surface area contributed by atoms with Gasteiger partial charge in [0.1, 0.15) is 11.6 Å². The fraction of sp³-hybridized carbons (Fsp3) is 0.188. The minimum atomic E-state index is 0.450. The van der Waals surface area contributed by atoms with Gasteiger partial charge in [-0.05, 0) is 32.0 Å². The van der Waals surface area contributed by atoms with Crippen molar-refractivity contribution in [3.8, 4) is 23.0 Å². The van der Waals surface area contributed by atoms with Crippen LogP contribution >= 0.6 is 0 Å². The molecule has 0 bridgehead atoms. The summed E-state index contributed by atoms with van der Waals surface area (Å²) in [6.45, 7) is 3.79. The third-order valence-corrected chi connectivity index (χ3v) is 3.27. The Morgan fingerprint density at radius 3 is 2.50 bits per heavy atom. The van der Waals surface area contributed by atoms with Crippen molar-refractivity contribution in [2.45, 2.75) is 13.8 Å². The number of para-hydroxylation sites is 1. The maximum atomic E-state index is 5.96. The summed E-state index contributed by atoms with van der Waals surface area (Å²) in [5.74, 6) is 1.72. The number of aryl methyl sites for hydroxylation is 2. The number of nitrogens with two attached hydrogens (primary N) is 1. The number of hydrogen-bond acceptors (Lipinski definition) is 5. The number of benzene rings is 1. The van der Waals surface area contributed by atoms with Crippen molar-refractivity contribution in [2.75, 3.05) is 12.8 Å². The van der Waals surface area contributed by atoms with Gasteiger partial charge in [-0.3, -0.25) is 0 Å². The number of rotatable bonds is 3. The first kappa shape index (κ1) is 14.1. The molecule has 0 aliphatic rings. The second-order valence-electron chi connectivity index (χ2n) is 5.02. The number of aromatic nitrogens is 4. The maximum Gasteiger partial charge on any atom is 0.253 e. The molecule has 0 aliphatic carbocycles. The van der Waals surface area contributed by atoms with Crippen molar-refractivity contribution in [3.63, 3.8) is 0 Å². The zero-order valence-corrected chi connectivity index (χ0v) is 12.7. The SMILES string of the molecule is COc1ccccc1-c1cc(C)nc(-n2nc(C)cc2N)n1. The van der Waals surface area contributed by atoms with Crippen LogP contribution in [0.4, 0.5) is 5.82 Å². The third kappa shape index (κ3) is 2.50. The molecule has 0 saturated heterocycles. The highest BCUT2D eigenvalue weighted by Crippen LogP contribution is 2.29. The van der Waals surface area contributed by atoms with E-state index >= 15 is 0 Å². The number of nitrogens with zero attached hydrogens (tertiary/aromatic N) is 4. The monoisotopic (exact) mass is 295 g/mol. The van der Waals surface area contributed by atoms with Crippen molar-refractivity contribution in [2.24, 2.45) is 0 Å². The van der Waals surface area contributed by atoms with E-state index in [-0.39, 0.29) is 0 Å². The molecule has 6 heteroatoms. The average Bonchev–Trinajstić information content (AvgIpc) is 2.85. The topological polar surface area (TPSA) is 78.8 Å².